The maximum atomic E-state index is 13.8. The quantitative estimate of drug-likeness (QED) is 0.281. The molecule has 0 bridgehead atoms. The van der Waals surface area contributed by atoms with Crippen molar-refractivity contribution < 1.29 is 19.1 Å². The Bertz CT molecular complexity index is 1370. The molecule has 6 nitrogen and oxygen atoms in total. The lowest BCUT2D eigenvalue weighted by Gasteiger charge is -2.51. The van der Waals surface area contributed by atoms with E-state index >= 15 is 0 Å². The molecular formula is C30H24Cl2N2O4S. The van der Waals surface area contributed by atoms with Gasteiger partial charge < -0.3 is 15.0 Å². The van der Waals surface area contributed by atoms with Gasteiger partial charge in [-0.15, -0.1) is 11.8 Å². The molecule has 1 N–H and O–H groups in total. The van der Waals surface area contributed by atoms with Crippen LogP contribution in [0.1, 0.15) is 22.8 Å². The Labute approximate surface area is 240 Å². The van der Waals surface area contributed by atoms with Crippen molar-refractivity contribution in [2.45, 2.75) is 30.0 Å². The number of β-lactam (4-membered cyclic amide) rings is 1. The number of hydrogen-bond donors (Lipinski definition) is 1. The molecule has 0 aromatic heterocycles. The molecule has 0 radical (unpaired) electrons. The van der Waals surface area contributed by atoms with Crippen LogP contribution in [0.25, 0.3) is 0 Å². The van der Waals surface area contributed by atoms with Gasteiger partial charge in [0, 0.05) is 0 Å². The summed E-state index contributed by atoms with van der Waals surface area (Å²) in [5.74, 6) is -1.28. The van der Waals surface area contributed by atoms with E-state index in [0.29, 0.717) is 5.57 Å². The molecule has 3 atom stereocenters. The van der Waals surface area contributed by atoms with Crippen molar-refractivity contribution in [1.29, 1.82) is 0 Å². The van der Waals surface area contributed by atoms with E-state index in [0.717, 1.165) is 16.7 Å². The number of carbonyl (C=O) groups is 3. The van der Waals surface area contributed by atoms with E-state index in [-0.39, 0.29) is 22.7 Å². The predicted octanol–water partition coefficient (Wildman–Crippen LogP) is 5.53. The third-order valence-electron chi connectivity index (χ3n) is 6.48. The van der Waals surface area contributed by atoms with E-state index < -0.39 is 29.5 Å². The van der Waals surface area contributed by atoms with E-state index in [9.17, 15) is 14.4 Å². The fourth-order valence-corrected chi connectivity index (χ4v) is 6.11. The molecule has 198 valence electrons. The maximum Gasteiger partial charge on any atom is 0.334 e. The number of nitrogens with one attached hydrogen (secondary N) is 1. The summed E-state index contributed by atoms with van der Waals surface area (Å²) < 4.78 is 6.03. The molecule has 5 rings (SSSR count). The highest BCUT2D eigenvalue weighted by Gasteiger charge is 2.56. The second kappa shape index (κ2) is 12.1. The van der Waals surface area contributed by atoms with Gasteiger partial charge in [-0.05, 0) is 33.7 Å². The second-order valence-electron chi connectivity index (χ2n) is 9.07. The van der Waals surface area contributed by atoms with Crippen LogP contribution >= 0.6 is 35.0 Å². The number of amides is 2. The number of fused-ring (bicyclic) bond motifs is 1. The molecule has 2 aliphatic heterocycles. The zero-order chi connectivity index (χ0) is 27.4. The van der Waals surface area contributed by atoms with Crippen molar-refractivity contribution >= 4 is 52.7 Å². The van der Waals surface area contributed by atoms with Crippen molar-refractivity contribution in [2.75, 3.05) is 0 Å². The van der Waals surface area contributed by atoms with Crippen LogP contribution in [0.4, 0.5) is 0 Å². The number of halogens is 2. The average molecular weight is 580 g/mol. The van der Waals surface area contributed by atoms with Crippen LogP contribution in [0, 0.1) is 0 Å². The summed E-state index contributed by atoms with van der Waals surface area (Å²) in [6.45, 7) is 0. The minimum absolute atomic E-state index is 0.0542. The summed E-state index contributed by atoms with van der Waals surface area (Å²) in [6.07, 6.45) is 0.893. The molecule has 0 spiro atoms. The number of benzene rings is 3. The molecule has 1 fully saturated rings. The van der Waals surface area contributed by atoms with Crippen LogP contribution in [-0.4, -0.2) is 40.1 Å². The molecule has 1 saturated heterocycles. The van der Waals surface area contributed by atoms with Crippen LogP contribution in [0.15, 0.2) is 113 Å². The number of ether oxygens (including phenoxy) is 1. The summed E-state index contributed by atoms with van der Waals surface area (Å²) in [6, 6.07) is 26.2. The summed E-state index contributed by atoms with van der Waals surface area (Å²) in [4.78, 5) is 41.2. The molecule has 2 heterocycles. The Balaban J connectivity index is 1.38. The van der Waals surface area contributed by atoms with Gasteiger partial charge in [0.15, 0.2) is 12.1 Å². The predicted molar refractivity (Wildman–Crippen MR) is 153 cm³/mol. The monoisotopic (exact) mass is 578 g/mol. The molecule has 9 heteroatoms. The standard InChI is InChI=1S/C30H24Cl2N2O4S/c31-23(32)17-22-18-39-29-25(33-24(35)16-19-10-4-1-5-11-19)28(36)34(29)26(22)30(37)38-27(20-12-6-2-7-13-20)21-14-8-3-9-15-21/h1-15,17-18,25-27,29H,16H2,(H,33,35)/t25?,26?,29-/m0/s1. The first-order chi connectivity index (χ1) is 18.9. The number of hydrogen-bond acceptors (Lipinski definition) is 5. The highest BCUT2D eigenvalue weighted by atomic mass is 35.5. The minimum atomic E-state index is -1.08. The topological polar surface area (TPSA) is 75.7 Å². The Morgan fingerprint density at radius 2 is 1.49 bits per heavy atom. The van der Waals surface area contributed by atoms with Gasteiger partial charge in [0.1, 0.15) is 15.9 Å². The lowest BCUT2D eigenvalue weighted by molar-refractivity contribution is -0.165. The zero-order valence-electron chi connectivity index (χ0n) is 20.6. The molecule has 3 aromatic rings. The van der Waals surface area contributed by atoms with Gasteiger partial charge in [-0.1, -0.05) is 114 Å². The molecule has 0 aliphatic carbocycles. The van der Waals surface area contributed by atoms with Gasteiger partial charge in [0.25, 0.3) is 0 Å². The summed E-state index contributed by atoms with van der Waals surface area (Å²) in [7, 11) is 0. The average Bonchev–Trinajstić information content (AvgIpc) is 2.95. The minimum Gasteiger partial charge on any atom is -0.451 e. The van der Waals surface area contributed by atoms with Crippen molar-refractivity contribution in [3.63, 3.8) is 0 Å². The van der Waals surface area contributed by atoms with Crippen molar-refractivity contribution in [3.05, 3.63) is 129 Å². The molecular weight excluding hydrogens is 555 g/mol. The van der Waals surface area contributed by atoms with Gasteiger partial charge in [-0.25, -0.2) is 4.79 Å². The number of rotatable bonds is 8. The highest BCUT2D eigenvalue weighted by Crippen LogP contribution is 2.42. The highest BCUT2D eigenvalue weighted by molar-refractivity contribution is 8.03. The molecule has 39 heavy (non-hydrogen) atoms. The molecule has 3 aromatic carbocycles. The molecule has 2 aliphatic rings. The molecule has 0 saturated carbocycles. The molecule has 2 amide bonds. The zero-order valence-corrected chi connectivity index (χ0v) is 22.9. The Morgan fingerprint density at radius 3 is 2.05 bits per heavy atom. The normalized spacial score (nSPS) is 19.9. The number of esters is 1. The van der Waals surface area contributed by atoms with E-state index in [1.54, 1.807) is 5.41 Å². The van der Waals surface area contributed by atoms with Crippen LogP contribution in [0.5, 0.6) is 0 Å². The van der Waals surface area contributed by atoms with Gasteiger partial charge >= 0.3 is 5.97 Å². The lowest BCUT2D eigenvalue weighted by Crippen LogP contribution is -2.74. The fraction of sp³-hybridized carbons (Fsp3) is 0.167. The SMILES string of the molecule is O=C(Cc1ccccc1)NC1C(=O)N2C(C(=O)OC(c3ccccc3)c3ccccc3)C(C=C(Cl)Cl)=CS[C@@H]12. The largest absolute Gasteiger partial charge is 0.451 e. The van der Waals surface area contributed by atoms with Crippen LogP contribution < -0.4 is 5.32 Å². The summed E-state index contributed by atoms with van der Waals surface area (Å²) in [5.41, 5.74) is 2.85. The van der Waals surface area contributed by atoms with Gasteiger partial charge in [-0.3, -0.25) is 9.59 Å². The van der Waals surface area contributed by atoms with Gasteiger partial charge in [0.05, 0.1) is 6.42 Å². The van der Waals surface area contributed by atoms with Crippen LogP contribution in [0.3, 0.4) is 0 Å². The first-order valence-corrected chi connectivity index (χ1v) is 14.0. The van der Waals surface area contributed by atoms with Crippen molar-refractivity contribution in [1.82, 2.24) is 10.2 Å². The Morgan fingerprint density at radius 1 is 0.923 bits per heavy atom. The van der Waals surface area contributed by atoms with Gasteiger partial charge in [0.2, 0.25) is 11.8 Å². The number of carbonyl (C=O) groups excluding carboxylic acids is 3. The van der Waals surface area contributed by atoms with Gasteiger partial charge in [-0.2, -0.15) is 0 Å². The Kier molecular flexibility index (Phi) is 8.41. The summed E-state index contributed by atoms with van der Waals surface area (Å²) >= 11 is 13.2. The van der Waals surface area contributed by atoms with Crippen molar-refractivity contribution in [3.8, 4) is 0 Å². The first kappa shape index (κ1) is 27.1. The summed E-state index contributed by atoms with van der Waals surface area (Å²) in [5, 5.41) is 4.08. The maximum absolute atomic E-state index is 13.8. The smallest absolute Gasteiger partial charge is 0.334 e. The van der Waals surface area contributed by atoms with Crippen LogP contribution in [0.2, 0.25) is 0 Å². The first-order valence-electron chi connectivity index (χ1n) is 12.3. The third kappa shape index (κ3) is 6.06. The second-order valence-corrected chi connectivity index (χ2v) is 11.1. The van der Waals surface area contributed by atoms with E-state index in [1.807, 2.05) is 91.0 Å². The van der Waals surface area contributed by atoms with E-state index in [4.69, 9.17) is 27.9 Å². The number of nitrogens with zero attached hydrogens (tertiary/aromatic N) is 1. The van der Waals surface area contributed by atoms with E-state index in [2.05, 4.69) is 5.32 Å². The van der Waals surface area contributed by atoms with Crippen LogP contribution in [-0.2, 0) is 25.5 Å². The van der Waals surface area contributed by atoms with Crippen molar-refractivity contribution in [2.24, 2.45) is 0 Å². The van der Waals surface area contributed by atoms with E-state index in [1.165, 1.54) is 22.7 Å². The Hall–Kier alpha value is -3.52. The molecule has 2 unspecified atom stereocenters. The fourth-order valence-electron chi connectivity index (χ4n) is 4.67. The third-order valence-corrected chi connectivity index (χ3v) is 7.88. The lowest BCUT2D eigenvalue weighted by atomic mass is 9.97. The number of thioether (sulfide) groups is 1.